The molecule has 0 spiro atoms. The third-order valence-corrected chi connectivity index (χ3v) is 4.32. The van der Waals surface area contributed by atoms with Gasteiger partial charge in [-0.1, -0.05) is 0 Å². The van der Waals surface area contributed by atoms with Crippen LogP contribution in [0.15, 0.2) is 42.6 Å². The number of hydrogen-bond donors (Lipinski definition) is 1. The molecular formula is C20H23N3O4. The van der Waals surface area contributed by atoms with Crippen molar-refractivity contribution in [3.63, 3.8) is 0 Å². The van der Waals surface area contributed by atoms with Crippen LogP contribution in [0.2, 0.25) is 0 Å². The molecule has 1 aliphatic heterocycles. The number of benzene rings is 1. The molecule has 0 radical (unpaired) electrons. The van der Waals surface area contributed by atoms with Crippen LogP contribution in [-0.4, -0.2) is 49.3 Å². The topological polar surface area (TPSA) is 80.8 Å². The summed E-state index contributed by atoms with van der Waals surface area (Å²) in [4.78, 5) is 30.4. The summed E-state index contributed by atoms with van der Waals surface area (Å²) in [6.45, 7) is 5.66. The summed E-state index contributed by atoms with van der Waals surface area (Å²) in [7, 11) is 1.32. The first kappa shape index (κ1) is 18.8. The first-order valence-corrected chi connectivity index (χ1v) is 8.82. The lowest BCUT2D eigenvalue weighted by Crippen LogP contribution is -2.45. The van der Waals surface area contributed by atoms with E-state index >= 15 is 0 Å². The van der Waals surface area contributed by atoms with Gasteiger partial charge in [-0.3, -0.25) is 4.79 Å². The Hall–Kier alpha value is -2.93. The smallest absolute Gasteiger partial charge is 0.337 e. The van der Waals surface area contributed by atoms with Crippen molar-refractivity contribution >= 4 is 23.4 Å². The summed E-state index contributed by atoms with van der Waals surface area (Å²) >= 11 is 0. The number of amides is 1. The molecule has 1 saturated heterocycles. The maximum Gasteiger partial charge on any atom is 0.337 e. The van der Waals surface area contributed by atoms with Crippen molar-refractivity contribution in [2.24, 2.45) is 0 Å². The molecular weight excluding hydrogens is 346 g/mol. The lowest BCUT2D eigenvalue weighted by Gasteiger charge is -2.36. The predicted octanol–water partition coefficient (Wildman–Crippen LogP) is 2.73. The van der Waals surface area contributed by atoms with Crippen LogP contribution in [0.1, 0.15) is 34.6 Å². The zero-order valence-corrected chi connectivity index (χ0v) is 15.6. The van der Waals surface area contributed by atoms with Gasteiger partial charge in [-0.05, 0) is 50.2 Å². The van der Waals surface area contributed by atoms with E-state index in [2.05, 4.69) is 19.9 Å². The minimum Gasteiger partial charge on any atom is -0.465 e. The van der Waals surface area contributed by atoms with E-state index in [0.717, 1.165) is 18.9 Å². The van der Waals surface area contributed by atoms with Gasteiger partial charge in [0.05, 0.1) is 36.8 Å². The molecule has 0 aliphatic carbocycles. The number of morpholine rings is 1. The molecule has 1 amide bonds. The second-order valence-electron chi connectivity index (χ2n) is 6.59. The van der Waals surface area contributed by atoms with Gasteiger partial charge in [-0.2, -0.15) is 0 Å². The van der Waals surface area contributed by atoms with Crippen molar-refractivity contribution < 1.29 is 19.1 Å². The average molecular weight is 369 g/mol. The third kappa shape index (κ3) is 4.62. The highest BCUT2D eigenvalue weighted by atomic mass is 16.5. The van der Waals surface area contributed by atoms with Crippen molar-refractivity contribution in [3.05, 3.63) is 53.7 Å². The molecule has 2 atom stereocenters. The molecule has 7 heteroatoms. The number of nitrogens with zero attached hydrogens (tertiary/aromatic N) is 2. The molecule has 1 aliphatic rings. The highest BCUT2D eigenvalue weighted by Crippen LogP contribution is 2.20. The highest BCUT2D eigenvalue weighted by Gasteiger charge is 2.23. The number of nitrogens with one attached hydrogen (secondary N) is 1. The Bertz CT molecular complexity index is 795. The number of carbonyl (C=O) groups excluding carboxylic acids is 2. The Labute approximate surface area is 158 Å². The van der Waals surface area contributed by atoms with Crippen molar-refractivity contribution in [2.45, 2.75) is 26.1 Å². The standard InChI is InChI=1S/C20H23N3O4/c1-13-11-23(12-14(2)27-13)18-9-8-17(10-21-18)22-19(24)15-4-6-16(7-5-15)20(25)26-3/h4-10,13-14H,11-12H2,1-3H3,(H,22,24). The molecule has 1 aromatic carbocycles. The fraction of sp³-hybridized carbons (Fsp3) is 0.350. The van der Waals surface area contributed by atoms with Gasteiger partial charge in [0.15, 0.2) is 0 Å². The monoisotopic (exact) mass is 369 g/mol. The van der Waals surface area contributed by atoms with E-state index in [1.807, 2.05) is 26.0 Å². The molecule has 2 unspecified atom stereocenters. The highest BCUT2D eigenvalue weighted by molar-refractivity contribution is 6.04. The molecule has 1 fully saturated rings. The van der Waals surface area contributed by atoms with Gasteiger partial charge < -0.3 is 19.7 Å². The molecule has 2 heterocycles. The molecule has 7 nitrogen and oxygen atoms in total. The van der Waals surface area contributed by atoms with Gasteiger partial charge >= 0.3 is 5.97 Å². The molecule has 0 saturated carbocycles. The van der Waals surface area contributed by atoms with E-state index in [1.165, 1.54) is 7.11 Å². The normalized spacial score (nSPS) is 19.4. The lowest BCUT2D eigenvalue weighted by atomic mass is 10.1. The Morgan fingerprint density at radius 1 is 1.07 bits per heavy atom. The lowest BCUT2D eigenvalue weighted by molar-refractivity contribution is -0.00546. The van der Waals surface area contributed by atoms with Gasteiger partial charge in [0, 0.05) is 18.7 Å². The number of hydrogen-bond acceptors (Lipinski definition) is 6. The Morgan fingerprint density at radius 3 is 2.26 bits per heavy atom. The summed E-state index contributed by atoms with van der Waals surface area (Å²) in [5.41, 5.74) is 1.45. The number of ether oxygens (including phenoxy) is 2. The number of methoxy groups -OCH3 is 1. The Morgan fingerprint density at radius 2 is 1.70 bits per heavy atom. The molecule has 142 valence electrons. The minimum absolute atomic E-state index is 0.155. The number of esters is 1. The number of anilines is 2. The molecule has 1 N–H and O–H groups in total. The molecule has 1 aromatic heterocycles. The summed E-state index contributed by atoms with van der Waals surface area (Å²) in [5.74, 6) is 0.153. The Balaban J connectivity index is 1.64. The molecule has 3 rings (SSSR count). The van der Waals surface area contributed by atoms with Gasteiger partial charge in [0.25, 0.3) is 5.91 Å². The quantitative estimate of drug-likeness (QED) is 0.835. The predicted molar refractivity (Wildman–Crippen MR) is 102 cm³/mol. The van der Waals surface area contributed by atoms with Crippen LogP contribution in [0, 0.1) is 0 Å². The van der Waals surface area contributed by atoms with Crippen molar-refractivity contribution in [1.29, 1.82) is 0 Å². The van der Waals surface area contributed by atoms with E-state index < -0.39 is 5.97 Å². The Kier molecular flexibility index (Phi) is 5.71. The van der Waals surface area contributed by atoms with Gasteiger partial charge in [0.1, 0.15) is 5.82 Å². The van der Waals surface area contributed by atoms with Crippen LogP contribution < -0.4 is 10.2 Å². The van der Waals surface area contributed by atoms with Crippen LogP contribution in [0.4, 0.5) is 11.5 Å². The number of aromatic nitrogens is 1. The second-order valence-corrected chi connectivity index (χ2v) is 6.59. The van der Waals surface area contributed by atoms with E-state index in [9.17, 15) is 9.59 Å². The number of rotatable bonds is 4. The van der Waals surface area contributed by atoms with Crippen LogP contribution in [0.3, 0.4) is 0 Å². The number of pyridine rings is 1. The average Bonchev–Trinajstić information content (AvgIpc) is 2.67. The minimum atomic E-state index is -0.437. The van der Waals surface area contributed by atoms with Crippen molar-refractivity contribution in [1.82, 2.24) is 4.98 Å². The first-order chi connectivity index (χ1) is 13.0. The van der Waals surface area contributed by atoms with Gasteiger partial charge in [-0.25, -0.2) is 9.78 Å². The summed E-state index contributed by atoms with van der Waals surface area (Å²) in [5, 5.41) is 2.81. The summed E-state index contributed by atoms with van der Waals surface area (Å²) < 4.78 is 10.4. The van der Waals surface area contributed by atoms with Gasteiger partial charge in [0.2, 0.25) is 0 Å². The first-order valence-electron chi connectivity index (χ1n) is 8.82. The third-order valence-electron chi connectivity index (χ3n) is 4.32. The van der Waals surface area contributed by atoms with Crippen LogP contribution >= 0.6 is 0 Å². The van der Waals surface area contributed by atoms with E-state index in [1.54, 1.807) is 30.5 Å². The van der Waals surface area contributed by atoms with E-state index in [0.29, 0.717) is 16.8 Å². The van der Waals surface area contributed by atoms with Crippen LogP contribution in [0.5, 0.6) is 0 Å². The van der Waals surface area contributed by atoms with Crippen LogP contribution in [-0.2, 0) is 9.47 Å². The zero-order valence-electron chi connectivity index (χ0n) is 15.6. The fourth-order valence-electron chi connectivity index (χ4n) is 3.09. The van der Waals surface area contributed by atoms with Crippen molar-refractivity contribution in [2.75, 3.05) is 30.4 Å². The SMILES string of the molecule is COC(=O)c1ccc(C(=O)Nc2ccc(N3CC(C)OC(C)C3)nc2)cc1. The zero-order chi connectivity index (χ0) is 19.4. The number of carbonyl (C=O) groups is 2. The van der Waals surface area contributed by atoms with E-state index in [4.69, 9.17) is 4.74 Å². The van der Waals surface area contributed by atoms with E-state index in [-0.39, 0.29) is 18.1 Å². The molecule has 27 heavy (non-hydrogen) atoms. The maximum atomic E-state index is 12.4. The largest absolute Gasteiger partial charge is 0.465 e. The fourth-order valence-corrected chi connectivity index (χ4v) is 3.09. The van der Waals surface area contributed by atoms with Crippen LogP contribution in [0.25, 0.3) is 0 Å². The molecule has 2 aromatic rings. The van der Waals surface area contributed by atoms with Gasteiger partial charge in [-0.15, -0.1) is 0 Å². The summed E-state index contributed by atoms with van der Waals surface area (Å²) in [6, 6.07) is 10.0. The molecule has 0 bridgehead atoms. The van der Waals surface area contributed by atoms with Crippen molar-refractivity contribution in [3.8, 4) is 0 Å². The second kappa shape index (κ2) is 8.18. The maximum absolute atomic E-state index is 12.4. The summed E-state index contributed by atoms with van der Waals surface area (Å²) in [6.07, 6.45) is 1.95.